The van der Waals surface area contributed by atoms with Crippen molar-refractivity contribution in [1.82, 2.24) is 4.31 Å². The van der Waals surface area contributed by atoms with Gasteiger partial charge in [0.25, 0.3) is 0 Å². The summed E-state index contributed by atoms with van der Waals surface area (Å²) in [6.07, 6.45) is 2.56. The number of hydrogen-bond acceptors (Lipinski definition) is 2. The molecule has 0 aromatic carbocycles. The minimum Gasteiger partial charge on any atom is -0.207 e. The Bertz CT molecular complexity index is 305. The first kappa shape index (κ1) is 14.6. The van der Waals surface area contributed by atoms with Crippen molar-refractivity contribution in [3.63, 3.8) is 0 Å². The second-order valence-corrected chi connectivity index (χ2v) is 5.78. The smallest absolute Gasteiger partial charge is 0.207 e. The molecule has 0 rings (SSSR count). The monoisotopic (exact) mass is 233 g/mol. The highest BCUT2D eigenvalue weighted by Gasteiger charge is 2.25. The molecule has 3 nitrogen and oxygen atoms in total. The van der Waals surface area contributed by atoms with Gasteiger partial charge in [0.1, 0.15) is 0 Å². The Morgan fingerprint density at radius 2 is 1.87 bits per heavy atom. The van der Waals surface area contributed by atoms with Gasteiger partial charge in [0.15, 0.2) is 0 Å². The summed E-state index contributed by atoms with van der Waals surface area (Å²) < 4.78 is 25.9. The molecule has 0 atom stereocenters. The van der Waals surface area contributed by atoms with Crippen molar-refractivity contribution in [2.45, 2.75) is 41.0 Å². The molecule has 0 aliphatic rings. The van der Waals surface area contributed by atoms with Crippen molar-refractivity contribution in [2.75, 3.05) is 13.1 Å². The fourth-order valence-corrected chi connectivity index (χ4v) is 3.58. The van der Waals surface area contributed by atoms with E-state index in [1.165, 1.54) is 0 Å². The van der Waals surface area contributed by atoms with E-state index in [1.54, 1.807) is 17.3 Å². The van der Waals surface area contributed by atoms with Gasteiger partial charge in [-0.3, -0.25) is 0 Å². The summed E-state index contributed by atoms with van der Waals surface area (Å²) in [6, 6.07) is 0. The van der Waals surface area contributed by atoms with Gasteiger partial charge in [-0.05, 0) is 19.3 Å². The molecule has 0 radical (unpaired) electrons. The van der Waals surface area contributed by atoms with Gasteiger partial charge in [-0.1, -0.05) is 33.8 Å². The van der Waals surface area contributed by atoms with Crippen LogP contribution in [0.15, 0.2) is 11.0 Å². The average Bonchev–Trinajstić information content (AvgIpc) is 2.13. The Morgan fingerprint density at radius 1 is 1.33 bits per heavy atom. The SMILES string of the molecule is C/C=C(/C(C)C)S(=O)(=O)N(CC)CCC. The van der Waals surface area contributed by atoms with Gasteiger partial charge in [-0.15, -0.1) is 0 Å². The summed E-state index contributed by atoms with van der Waals surface area (Å²) in [5.74, 6) is 0.0471. The number of allylic oxidation sites excluding steroid dienone is 2. The summed E-state index contributed by atoms with van der Waals surface area (Å²) in [7, 11) is -3.23. The predicted molar refractivity (Wildman–Crippen MR) is 65.1 cm³/mol. The Balaban J connectivity index is 5.09. The van der Waals surface area contributed by atoms with Crippen LogP contribution in [-0.2, 0) is 10.0 Å². The minimum absolute atomic E-state index is 0.0471. The number of sulfonamides is 1. The molecule has 0 saturated heterocycles. The van der Waals surface area contributed by atoms with E-state index in [0.29, 0.717) is 18.0 Å². The van der Waals surface area contributed by atoms with Crippen LogP contribution in [0.4, 0.5) is 0 Å². The van der Waals surface area contributed by atoms with Crippen molar-refractivity contribution < 1.29 is 8.42 Å². The summed E-state index contributed by atoms with van der Waals surface area (Å²) in [4.78, 5) is 0.526. The van der Waals surface area contributed by atoms with Crippen LogP contribution in [0.5, 0.6) is 0 Å². The lowest BCUT2D eigenvalue weighted by Crippen LogP contribution is -2.33. The molecule has 0 spiro atoms. The van der Waals surface area contributed by atoms with Gasteiger partial charge in [-0.2, -0.15) is 4.31 Å². The van der Waals surface area contributed by atoms with Crippen LogP contribution < -0.4 is 0 Å². The molecule has 4 heteroatoms. The third-order valence-corrected chi connectivity index (χ3v) is 4.74. The maximum absolute atomic E-state index is 12.2. The molecule has 0 amide bonds. The Morgan fingerprint density at radius 3 is 2.13 bits per heavy atom. The van der Waals surface area contributed by atoms with Crippen LogP contribution in [0.25, 0.3) is 0 Å². The molecular formula is C11H23NO2S. The zero-order chi connectivity index (χ0) is 12.1. The van der Waals surface area contributed by atoms with Gasteiger partial charge < -0.3 is 0 Å². The second-order valence-electron chi connectivity index (χ2n) is 3.84. The molecule has 0 fully saturated rings. The normalized spacial score (nSPS) is 13.9. The van der Waals surface area contributed by atoms with E-state index in [2.05, 4.69) is 0 Å². The van der Waals surface area contributed by atoms with Crippen LogP contribution in [-0.4, -0.2) is 25.8 Å². The first-order valence-electron chi connectivity index (χ1n) is 5.58. The van der Waals surface area contributed by atoms with E-state index in [1.807, 2.05) is 27.7 Å². The van der Waals surface area contributed by atoms with Crippen molar-refractivity contribution in [3.8, 4) is 0 Å². The van der Waals surface area contributed by atoms with E-state index in [9.17, 15) is 8.42 Å². The van der Waals surface area contributed by atoms with E-state index in [4.69, 9.17) is 0 Å². The van der Waals surface area contributed by atoms with E-state index >= 15 is 0 Å². The van der Waals surface area contributed by atoms with Gasteiger partial charge in [-0.25, -0.2) is 8.42 Å². The predicted octanol–water partition coefficient (Wildman–Crippen LogP) is 2.61. The third-order valence-electron chi connectivity index (χ3n) is 2.32. The number of nitrogens with zero attached hydrogens (tertiary/aromatic N) is 1. The molecule has 0 heterocycles. The first-order chi connectivity index (χ1) is 6.91. The Labute approximate surface area is 94.2 Å². The van der Waals surface area contributed by atoms with E-state index in [-0.39, 0.29) is 5.92 Å². The largest absolute Gasteiger partial charge is 0.239 e. The molecule has 0 aromatic heterocycles. The molecule has 0 unspecified atom stereocenters. The maximum atomic E-state index is 12.2. The summed E-state index contributed by atoms with van der Waals surface area (Å²) in [5.41, 5.74) is 0. The Kier molecular flexibility index (Phi) is 6.13. The molecule has 90 valence electrons. The Hall–Kier alpha value is -0.350. The highest BCUT2D eigenvalue weighted by molar-refractivity contribution is 7.93. The van der Waals surface area contributed by atoms with Crippen LogP contribution in [0.1, 0.15) is 41.0 Å². The van der Waals surface area contributed by atoms with E-state index in [0.717, 1.165) is 6.42 Å². The van der Waals surface area contributed by atoms with Crippen molar-refractivity contribution >= 4 is 10.0 Å². The molecule has 0 bridgehead atoms. The lowest BCUT2D eigenvalue weighted by Gasteiger charge is -2.23. The molecule has 0 aromatic rings. The van der Waals surface area contributed by atoms with E-state index < -0.39 is 10.0 Å². The molecule has 15 heavy (non-hydrogen) atoms. The standard InChI is InChI=1S/C11H23NO2S/c1-6-9-12(8-3)15(13,14)11(7-2)10(4)5/h7,10H,6,8-9H2,1-5H3/b11-7-. The van der Waals surface area contributed by atoms with Crippen LogP contribution in [0, 0.1) is 5.92 Å². The third kappa shape index (κ3) is 3.61. The quantitative estimate of drug-likeness (QED) is 0.707. The van der Waals surface area contributed by atoms with Gasteiger partial charge in [0, 0.05) is 13.1 Å². The molecule has 0 N–H and O–H groups in total. The minimum atomic E-state index is -3.23. The van der Waals surface area contributed by atoms with Gasteiger partial charge in [0.05, 0.1) is 4.91 Å². The van der Waals surface area contributed by atoms with Crippen LogP contribution in [0.3, 0.4) is 0 Å². The fourth-order valence-electron chi connectivity index (χ4n) is 1.63. The molecule has 0 aliphatic heterocycles. The maximum Gasteiger partial charge on any atom is 0.239 e. The van der Waals surface area contributed by atoms with Crippen molar-refractivity contribution in [3.05, 3.63) is 11.0 Å². The van der Waals surface area contributed by atoms with Crippen molar-refractivity contribution in [2.24, 2.45) is 5.92 Å². The highest BCUT2D eigenvalue weighted by atomic mass is 32.2. The van der Waals surface area contributed by atoms with Crippen LogP contribution >= 0.6 is 0 Å². The van der Waals surface area contributed by atoms with Gasteiger partial charge >= 0.3 is 0 Å². The summed E-state index contributed by atoms with van der Waals surface area (Å²) in [6.45, 7) is 10.6. The first-order valence-corrected chi connectivity index (χ1v) is 7.02. The average molecular weight is 233 g/mol. The second kappa shape index (κ2) is 6.28. The van der Waals surface area contributed by atoms with Crippen LogP contribution in [0.2, 0.25) is 0 Å². The lowest BCUT2D eigenvalue weighted by atomic mass is 10.2. The molecule has 0 saturated carbocycles. The molecule has 0 aliphatic carbocycles. The topological polar surface area (TPSA) is 37.4 Å². The fraction of sp³-hybridized carbons (Fsp3) is 0.818. The zero-order valence-electron chi connectivity index (χ0n) is 10.4. The van der Waals surface area contributed by atoms with Gasteiger partial charge in [0.2, 0.25) is 10.0 Å². The highest BCUT2D eigenvalue weighted by Crippen LogP contribution is 2.21. The molecular weight excluding hydrogens is 210 g/mol. The zero-order valence-corrected chi connectivity index (χ0v) is 11.3. The summed E-state index contributed by atoms with van der Waals surface area (Å²) >= 11 is 0. The number of rotatable bonds is 6. The summed E-state index contributed by atoms with van der Waals surface area (Å²) in [5, 5.41) is 0. The van der Waals surface area contributed by atoms with Crippen molar-refractivity contribution in [1.29, 1.82) is 0 Å². The number of hydrogen-bond donors (Lipinski definition) is 0. The lowest BCUT2D eigenvalue weighted by molar-refractivity contribution is 0.429.